The maximum atomic E-state index is 13.0. The number of anilines is 1. The topological polar surface area (TPSA) is 29.9 Å². The number of aryl methyl sites for hydroxylation is 1. The van der Waals surface area contributed by atoms with Gasteiger partial charge < -0.3 is 5.32 Å². The number of rotatable bonds is 3. The molecule has 0 atom stereocenters. The van der Waals surface area contributed by atoms with Crippen molar-refractivity contribution < 1.29 is 4.39 Å². The highest BCUT2D eigenvalue weighted by atomic mass is 79.9. The van der Waals surface area contributed by atoms with Crippen molar-refractivity contribution in [2.45, 2.75) is 6.54 Å². The molecule has 0 aliphatic heterocycles. The monoisotopic (exact) mass is 283 g/mol. The van der Waals surface area contributed by atoms with Gasteiger partial charge in [0.15, 0.2) is 0 Å². The SMILES string of the molecule is Cn1ccc(NCc2ccc(F)c(Br)c2)n1. The van der Waals surface area contributed by atoms with Crippen LogP contribution in [-0.2, 0) is 13.6 Å². The van der Waals surface area contributed by atoms with E-state index in [0.29, 0.717) is 11.0 Å². The molecule has 0 fully saturated rings. The van der Waals surface area contributed by atoms with E-state index >= 15 is 0 Å². The second kappa shape index (κ2) is 4.65. The molecule has 0 unspecified atom stereocenters. The summed E-state index contributed by atoms with van der Waals surface area (Å²) < 4.78 is 15.2. The lowest BCUT2D eigenvalue weighted by Crippen LogP contribution is -2.01. The highest BCUT2D eigenvalue weighted by Gasteiger charge is 2.01. The van der Waals surface area contributed by atoms with Crippen LogP contribution < -0.4 is 5.32 Å². The van der Waals surface area contributed by atoms with E-state index in [4.69, 9.17) is 0 Å². The first-order valence-electron chi connectivity index (χ1n) is 4.82. The molecule has 2 aromatic rings. The van der Waals surface area contributed by atoms with Crippen LogP contribution in [0.5, 0.6) is 0 Å². The van der Waals surface area contributed by atoms with Gasteiger partial charge in [0.25, 0.3) is 0 Å². The first-order valence-corrected chi connectivity index (χ1v) is 5.62. The third kappa shape index (κ3) is 2.61. The zero-order valence-electron chi connectivity index (χ0n) is 8.74. The third-order valence-corrected chi connectivity index (χ3v) is 2.78. The Labute approximate surface area is 101 Å². The lowest BCUT2D eigenvalue weighted by Gasteiger charge is -2.04. The standard InChI is InChI=1S/C11H11BrFN3/c1-16-5-4-11(15-16)14-7-8-2-3-10(13)9(12)6-8/h2-6H,7H2,1H3,(H,14,15). The summed E-state index contributed by atoms with van der Waals surface area (Å²) in [4.78, 5) is 0. The number of benzene rings is 1. The molecule has 1 aromatic heterocycles. The van der Waals surface area contributed by atoms with E-state index in [-0.39, 0.29) is 5.82 Å². The molecule has 0 saturated heterocycles. The summed E-state index contributed by atoms with van der Waals surface area (Å²) in [5.41, 5.74) is 0.999. The molecular formula is C11H11BrFN3. The molecule has 2 rings (SSSR count). The van der Waals surface area contributed by atoms with Crippen molar-refractivity contribution in [3.63, 3.8) is 0 Å². The molecule has 1 N–H and O–H groups in total. The van der Waals surface area contributed by atoms with Crippen LogP contribution in [0.1, 0.15) is 5.56 Å². The summed E-state index contributed by atoms with van der Waals surface area (Å²) in [7, 11) is 1.86. The zero-order valence-corrected chi connectivity index (χ0v) is 10.3. The number of hydrogen-bond acceptors (Lipinski definition) is 2. The molecule has 0 radical (unpaired) electrons. The second-order valence-corrected chi connectivity index (χ2v) is 4.33. The normalized spacial score (nSPS) is 10.4. The summed E-state index contributed by atoms with van der Waals surface area (Å²) >= 11 is 3.15. The van der Waals surface area contributed by atoms with Gasteiger partial charge in [0, 0.05) is 25.9 Å². The molecule has 0 aliphatic carbocycles. The first-order chi connectivity index (χ1) is 7.65. The summed E-state index contributed by atoms with van der Waals surface area (Å²) in [6, 6.07) is 6.83. The Bertz CT molecular complexity index is 496. The van der Waals surface area contributed by atoms with Crippen molar-refractivity contribution in [3.05, 3.63) is 46.3 Å². The number of nitrogens with zero attached hydrogens (tertiary/aromatic N) is 2. The van der Waals surface area contributed by atoms with Crippen molar-refractivity contribution in [3.8, 4) is 0 Å². The van der Waals surface area contributed by atoms with Crippen molar-refractivity contribution in [1.82, 2.24) is 9.78 Å². The van der Waals surface area contributed by atoms with Gasteiger partial charge in [-0.2, -0.15) is 5.10 Å². The minimum Gasteiger partial charge on any atom is -0.365 e. The first kappa shape index (κ1) is 11.1. The average molecular weight is 284 g/mol. The number of nitrogens with one attached hydrogen (secondary N) is 1. The van der Waals surface area contributed by atoms with Crippen LogP contribution in [0.25, 0.3) is 0 Å². The predicted octanol–water partition coefficient (Wildman–Crippen LogP) is 2.93. The summed E-state index contributed by atoms with van der Waals surface area (Å²) in [6.07, 6.45) is 1.86. The molecule has 0 aliphatic rings. The summed E-state index contributed by atoms with van der Waals surface area (Å²) in [5.74, 6) is 0.560. The van der Waals surface area contributed by atoms with Crippen LogP contribution in [0.2, 0.25) is 0 Å². The number of aromatic nitrogens is 2. The fourth-order valence-electron chi connectivity index (χ4n) is 1.35. The third-order valence-electron chi connectivity index (χ3n) is 2.17. The van der Waals surface area contributed by atoms with Crippen LogP contribution in [0.3, 0.4) is 0 Å². The van der Waals surface area contributed by atoms with E-state index in [9.17, 15) is 4.39 Å². The Hall–Kier alpha value is -1.36. The lowest BCUT2D eigenvalue weighted by atomic mass is 10.2. The molecule has 0 spiro atoms. The number of hydrogen-bond donors (Lipinski definition) is 1. The van der Waals surface area contributed by atoms with Gasteiger partial charge in [0.2, 0.25) is 0 Å². The lowest BCUT2D eigenvalue weighted by molar-refractivity contribution is 0.620. The average Bonchev–Trinajstić information content (AvgIpc) is 2.66. The maximum absolute atomic E-state index is 13.0. The van der Waals surface area contributed by atoms with Crippen molar-refractivity contribution in [1.29, 1.82) is 0 Å². The van der Waals surface area contributed by atoms with E-state index in [1.54, 1.807) is 16.8 Å². The largest absolute Gasteiger partial charge is 0.365 e. The van der Waals surface area contributed by atoms with E-state index in [0.717, 1.165) is 11.4 Å². The van der Waals surface area contributed by atoms with Crippen LogP contribution in [0.4, 0.5) is 10.2 Å². The quantitative estimate of drug-likeness (QED) is 0.939. The van der Waals surface area contributed by atoms with Crippen LogP contribution in [0.15, 0.2) is 34.9 Å². The summed E-state index contributed by atoms with van der Waals surface area (Å²) in [6.45, 7) is 0.621. The van der Waals surface area contributed by atoms with Gasteiger partial charge in [-0.25, -0.2) is 4.39 Å². The molecule has 0 bridgehead atoms. The fraction of sp³-hybridized carbons (Fsp3) is 0.182. The minimum atomic E-state index is -0.249. The highest BCUT2D eigenvalue weighted by Crippen LogP contribution is 2.17. The van der Waals surface area contributed by atoms with E-state index in [2.05, 4.69) is 26.3 Å². The maximum Gasteiger partial charge on any atom is 0.148 e. The molecule has 84 valence electrons. The second-order valence-electron chi connectivity index (χ2n) is 3.48. The Morgan fingerprint density at radius 1 is 1.44 bits per heavy atom. The molecule has 16 heavy (non-hydrogen) atoms. The molecule has 5 heteroatoms. The highest BCUT2D eigenvalue weighted by molar-refractivity contribution is 9.10. The molecule has 0 amide bonds. The minimum absolute atomic E-state index is 0.249. The van der Waals surface area contributed by atoms with Gasteiger partial charge in [-0.3, -0.25) is 4.68 Å². The van der Waals surface area contributed by atoms with Gasteiger partial charge in [0.1, 0.15) is 11.6 Å². The van der Waals surface area contributed by atoms with E-state index in [1.807, 2.05) is 19.3 Å². The fourth-order valence-corrected chi connectivity index (χ4v) is 1.78. The van der Waals surface area contributed by atoms with Crippen molar-refractivity contribution in [2.75, 3.05) is 5.32 Å². The van der Waals surface area contributed by atoms with E-state index < -0.39 is 0 Å². The molecule has 3 nitrogen and oxygen atoms in total. The van der Waals surface area contributed by atoms with Crippen molar-refractivity contribution in [2.24, 2.45) is 7.05 Å². The van der Waals surface area contributed by atoms with Crippen LogP contribution in [-0.4, -0.2) is 9.78 Å². The van der Waals surface area contributed by atoms with Crippen molar-refractivity contribution >= 4 is 21.7 Å². The molecular weight excluding hydrogens is 273 g/mol. The Kier molecular flexibility index (Phi) is 3.24. The van der Waals surface area contributed by atoms with Gasteiger partial charge in [-0.15, -0.1) is 0 Å². The van der Waals surface area contributed by atoms with Gasteiger partial charge in [0.05, 0.1) is 4.47 Å². The van der Waals surface area contributed by atoms with E-state index in [1.165, 1.54) is 6.07 Å². The van der Waals surface area contributed by atoms with Gasteiger partial charge >= 0.3 is 0 Å². The Balaban J connectivity index is 2.02. The van der Waals surface area contributed by atoms with Crippen LogP contribution in [0, 0.1) is 5.82 Å². The summed E-state index contributed by atoms with van der Waals surface area (Å²) in [5, 5.41) is 7.34. The Morgan fingerprint density at radius 2 is 2.25 bits per heavy atom. The zero-order chi connectivity index (χ0) is 11.5. The smallest absolute Gasteiger partial charge is 0.148 e. The Morgan fingerprint density at radius 3 is 2.88 bits per heavy atom. The van der Waals surface area contributed by atoms with Gasteiger partial charge in [-0.1, -0.05) is 6.07 Å². The predicted molar refractivity (Wildman–Crippen MR) is 64.6 cm³/mol. The molecule has 1 aromatic carbocycles. The van der Waals surface area contributed by atoms with Gasteiger partial charge in [-0.05, 0) is 33.6 Å². The number of halogens is 2. The molecule has 1 heterocycles. The van der Waals surface area contributed by atoms with Crippen LogP contribution >= 0.6 is 15.9 Å². The molecule has 0 saturated carbocycles.